The molecular formula is C21H29N5O5S. The number of amides is 1. The van der Waals surface area contributed by atoms with Crippen molar-refractivity contribution in [3.05, 3.63) is 58.9 Å². The minimum Gasteiger partial charge on any atom is -0.464 e. The first-order valence-corrected chi connectivity index (χ1v) is 11.6. The van der Waals surface area contributed by atoms with Crippen molar-refractivity contribution < 1.29 is 22.8 Å². The van der Waals surface area contributed by atoms with E-state index < -0.39 is 22.2 Å². The Kier molecular flexibility index (Phi) is 8.58. The number of nitrogens with two attached hydrogens (primary N) is 2. The van der Waals surface area contributed by atoms with Crippen LogP contribution in [-0.2, 0) is 21.4 Å². The van der Waals surface area contributed by atoms with Crippen LogP contribution in [0.15, 0.2) is 51.8 Å². The predicted octanol–water partition coefficient (Wildman–Crippen LogP) is 1.89. The van der Waals surface area contributed by atoms with Gasteiger partial charge >= 0.3 is 0 Å². The second-order valence-corrected chi connectivity index (χ2v) is 8.43. The number of benzene rings is 1. The third-order valence-electron chi connectivity index (χ3n) is 4.75. The minimum atomic E-state index is -4.24. The Balaban J connectivity index is 2.38. The number of fused-ring (bicyclic) bond motifs is 1. The van der Waals surface area contributed by atoms with Crippen molar-refractivity contribution in [3.8, 4) is 0 Å². The summed E-state index contributed by atoms with van der Waals surface area (Å²) in [6.07, 6.45) is 8.07. The molecule has 10 nitrogen and oxygen atoms in total. The van der Waals surface area contributed by atoms with Gasteiger partial charge in [0.1, 0.15) is 11.6 Å². The predicted molar refractivity (Wildman–Crippen MR) is 123 cm³/mol. The third-order valence-corrected chi connectivity index (χ3v) is 5.24. The van der Waals surface area contributed by atoms with Gasteiger partial charge in [-0.2, -0.15) is 8.42 Å². The second kappa shape index (κ2) is 10.9. The lowest BCUT2D eigenvalue weighted by molar-refractivity contribution is -0.121. The lowest BCUT2D eigenvalue weighted by Crippen LogP contribution is -2.43. The number of hydrogen-bond donors (Lipinski definition) is 5. The van der Waals surface area contributed by atoms with Crippen LogP contribution in [0.2, 0.25) is 0 Å². The van der Waals surface area contributed by atoms with Crippen molar-refractivity contribution >= 4 is 32.9 Å². The van der Waals surface area contributed by atoms with Gasteiger partial charge in [0, 0.05) is 17.5 Å². The molecule has 1 atom stereocenters. The van der Waals surface area contributed by atoms with Crippen molar-refractivity contribution in [1.29, 1.82) is 0 Å². The van der Waals surface area contributed by atoms with E-state index in [0.29, 0.717) is 24.0 Å². The molecule has 0 saturated carbocycles. The molecule has 0 radical (unpaired) electrons. The number of oxime groups is 1. The highest BCUT2D eigenvalue weighted by Gasteiger charge is 2.24. The first-order valence-electron chi connectivity index (χ1n) is 10.0. The molecule has 0 aliphatic heterocycles. The van der Waals surface area contributed by atoms with Gasteiger partial charge in [0.2, 0.25) is 0 Å². The highest BCUT2D eigenvalue weighted by Crippen LogP contribution is 2.29. The summed E-state index contributed by atoms with van der Waals surface area (Å²) >= 11 is 0. The monoisotopic (exact) mass is 463 g/mol. The summed E-state index contributed by atoms with van der Waals surface area (Å²) in [7, 11) is -4.24. The van der Waals surface area contributed by atoms with Crippen LogP contribution < -0.4 is 20.9 Å². The van der Waals surface area contributed by atoms with Gasteiger partial charge in [0.25, 0.3) is 16.1 Å². The molecule has 1 aromatic carbocycles. The quantitative estimate of drug-likeness (QED) is 0.118. The number of carbonyl (C=O) groups is 1. The summed E-state index contributed by atoms with van der Waals surface area (Å²) in [6, 6.07) is 2.58. The number of nitrogens with one attached hydrogen (secondary N) is 2. The number of carbonyl (C=O) groups excluding carboxylic acids is 1. The Hall–Kier alpha value is -3.15. The molecule has 11 heteroatoms. The molecule has 1 heterocycles. The number of rotatable bonds is 10. The van der Waals surface area contributed by atoms with Gasteiger partial charge in [-0.25, -0.2) is 9.86 Å². The normalized spacial score (nSPS) is 14.2. The average molecular weight is 464 g/mol. The summed E-state index contributed by atoms with van der Waals surface area (Å²) in [4.78, 5) is 12.7. The first-order chi connectivity index (χ1) is 15.1. The first kappa shape index (κ1) is 25.1. The van der Waals surface area contributed by atoms with Gasteiger partial charge in [-0.3, -0.25) is 10.1 Å². The molecule has 1 unspecified atom stereocenters. The third kappa shape index (κ3) is 6.42. The smallest absolute Gasteiger partial charge is 0.298 e. The number of furan rings is 1. The molecule has 0 aliphatic carbocycles. The van der Waals surface area contributed by atoms with E-state index in [0.717, 1.165) is 22.1 Å². The van der Waals surface area contributed by atoms with E-state index in [1.807, 2.05) is 25.5 Å². The maximum absolute atomic E-state index is 12.7. The van der Waals surface area contributed by atoms with Crippen molar-refractivity contribution in [2.75, 3.05) is 6.54 Å². The van der Waals surface area contributed by atoms with Crippen LogP contribution in [0.25, 0.3) is 11.0 Å². The van der Waals surface area contributed by atoms with Crippen LogP contribution in [-0.4, -0.2) is 31.9 Å². The average Bonchev–Trinajstić information content (AvgIpc) is 3.11. The Morgan fingerprint density at radius 1 is 1.34 bits per heavy atom. The van der Waals surface area contributed by atoms with Crippen LogP contribution in [0, 0.1) is 6.92 Å². The largest absolute Gasteiger partial charge is 0.464 e. The van der Waals surface area contributed by atoms with Crippen LogP contribution in [0.5, 0.6) is 0 Å². The SMILES string of the molecule is CC/C=C(\C=C/CNC(C(=O)NS(N)(=O)=O)c1cc(CC)c2occ(C)c2c1)C(/N)=N\O. The van der Waals surface area contributed by atoms with Crippen molar-refractivity contribution in [3.63, 3.8) is 0 Å². The summed E-state index contributed by atoms with van der Waals surface area (Å²) in [5.74, 6) is -0.857. The van der Waals surface area contributed by atoms with E-state index >= 15 is 0 Å². The summed E-state index contributed by atoms with van der Waals surface area (Å²) in [5.41, 5.74) is 9.25. The molecule has 32 heavy (non-hydrogen) atoms. The Morgan fingerprint density at radius 3 is 2.66 bits per heavy atom. The number of hydrogen-bond acceptors (Lipinski definition) is 7. The Labute approximate surface area is 187 Å². The summed E-state index contributed by atoms with van der Waals surface area (Å²) < 4.78 is 30.4. The van der Waals surface area contributed by atoms with Crippen LogP contribution in [0.3, 0.4) is 0 Å². The Morgan fingerprint density at radius 2 is 2.06 bits per heavy atom. The molecule has 0 aliphatic rings. The van der Waals surface area contributed by atoms with Gasteiger partial charge in [-0.15, -0.1) is 0 Å². The summed E-state index contributed by atoms with van der Waals surface area (Å²) in [5, 5.41) is 20.7. The molecule has 174 valence electrons. The molecule has 1 aromatic heterocycles. The highest BCUT2D eigenvalue weighted by molar-refractivity contribution is 7.87. The maximum Gasteiger partial charge on any atom is 0.298 e. The van der Waals surface area contributed by atoms with Gasteiger partial charge in [-0.05, 0) is 48.6 Å². The Bertz CT molecular complexity index is 1160. The number of allylic oxidation sites excluding steroid dienone is 1. The molecule has 2 aromatic rings. The zero-order valence-corrected chi connectivity index (χ0v) is 19.1. The number of aryl methyl sites for hydroxylation is 2. The van der Waals surface area contributed by atoms with E-state index in [4.69, 9.17) is 20.5 Å². The van der Waals surface area contributed by atoms with Crippen LogP contribution in [0.4, 0.5) is 0 Å². The summed E-state index contributed by atoms with van der Waals surface area (Å²) in [6.45, 7) is 5.94. The minimum absolute atomic E-state index is 0.0416. The van der Waals surface area contributed by atoms with Crippen molar-refractivity contribution in [2.45, 2.75) is 39.7 Å². The fraction of sp³-hybridized carbons (Fsp3) is 0.333. The maximum atomic E-state index is 12.7. The molecule has 0 saturated heterocycles. The number of nitrogens with zero attached hydrogens (tertiary/aromatic N) is 1. The molecule has 0 spiro atoms. The molecular weight excluding hydrogens is 434 g/mol. The standard InChI is InChI=1S/C21H29N5O5S/c1-4-7-15(20(22)25-28)8-6-9-24-18(21(27)26-32(23,29)30)16-10-14(5-2)19-17(11-16)13(3)12-31-19/h6-8,10-12,18,24,28H,4-5,9H2,1-3H3,(H2,22,25)(H,26,27)(H2,23,29,30)/b8-6-,15-7+. The lowest BCUT2D eigenvalue weighted by Gasteiger charge is -2.18. The second-order valence-electron chi connectivity index (χ2n) is 7.14. The van der Waals surface area contributed by atoms with Gasteiger partial charge in [-0.1, -0.05) is 37.2 Å². The zero-order chi connectivity index (χ0) is 23.9. The topological polar surface area (TPSA) is 173 Å². The molecule has 0 fully saturated rings. The molecule has 7 N–H and O–H groups in total. The molecule has 0 bridgehead atoms. The van der Waals surface area contributed by atoms with E-state index in [2.05, 4.69) is 10.5 Å². The van der Waals surface area contributed by atoms with Gasteiger partial charge in [0.05, 0.1) is 6.26 Å². The molecule has 1 amide bonds. The zero-order valence-electron chi connectivity index (χ0n) is 18.3. The van der Waals surface area contributed by atoms with Gasteiger partial charge < -0.3 is 15.4 Å². The van der Waals surface area contributed by atoms with Crippen LogP contribution in [0.1, 0.15) is 43.0 Å². The fourth-order valence-corrected chi connectivity index (χ4v) is 3.65. The van der Waals surface area contributed by atoms with E-state index in [-0.39, 0.29) is 12.4 Å². The fourth-order valence-electron chi connectivity index (χ4n) is 3.25. The van der Waals surface area contributed by atoms with E-state index in [1.54, 1.807) is 36.6 Å². The van der Waals surface area contributed by atoms with Crippen LogP contribution >= 0.6 is 0 Å². The van der Waals surface area contributed by atoms with E-state index in [9.17, 15) is 13.2 Å². The van der Waals surface area contributed by atoms with Gasteiger partial charge in [0.15, 0.2) is 5.84 Å². The van der Waals surface area contributed by atoms with E-state index in [1.165, 1.54) is 0 Å². The molecule has 2 rings (SSSR count). The lowest BCUT2D eigenvalue weighted by atomic mass is 9.98. The van der Waals surface area contributed by atoms with Crippen molar-refractivity contribution in [1.82, 2.24) is 10.0 Å². The van der Waals surface area contributed by atoms with Crippen molar-refractivity contribution in [2.24, 2.45) is 16.0 Å². The highest BCUT2D eigenvalue weighted by atomic mass is 32.2. The number of amidine groups is 1.